The lowest BCUT2D eigenvalue weighted by atomic mass is 10.0. The zero-order chi connectivity index (χ0) is 12.4. The molecule has 0 bridgehead atoms. The molecule has 98 valence electrons. The highest BCUT2D eigenvalue weighted by atomic mass is 32.2. The van der Waals surface area contributed by atoms with Gasteiger partial charge in [-0.15, -0.1) is 0 Å². The molecule has 1 atom stereocenters. The Kier molecular flexibility index (Phi) is 3.80. The Morgan fingerprint density at radius 1 is 1.22 bits per heavy atom. The van der Waals surface area contributed by atoms with Crippen molar-refractivity contribution in [3.8, 4) is 0 Å². The van der Waals surface area contributed by atoms with Crippen LogP contribution in [0.2, 0.25) is 0 Å². The minimum Gasteiger partial charge on any atom is -0.399 e. The average Bonchev–Trinajstić information content (AvgIpc) is 2.80. The van der Waals surface area contributed by atoms with E-state index in [1.807, 2.05) is 6.07 Å². The number of anilines is 1. The van der Waals surface area contributed by atoms with Crippen LogP contribution in [0, 0.1) is 5.92 Å². The summed E-state index contributed by atoms with van der Waals surface area (Å²) in [4.78, 5) is 0. The van der Waals surface area contributed by atoms with E-state index < -0.39 is 0 Å². The highest BCUT2D eigenvalue weighted by Gasteiger charge is 2.23. The first-order chi connectivity index (χ1) is 8.83. The summed E-state index contributed by atoms with van der Waals surface area (Å²) in [6.07, 6.45) is 5.19. The molecule has 1 aromatic rings. The summed E-state index contributed by atoms with van der Waals surface area (Å²) in [6, 6.07) is 6.96. The fraction of sp³-hybridized carbons (Fsp3) is 0.600. The average molecular weight is 262 g/mol. The molecule has 3 heteroatoms. The van der Waals surface area contributed by atoms with Crippen molar-refractivity contribution in [2.75, 3.05) is 23.8 Å². The number of thioether (sulfide) groups is 1. The molecule has 0 spiro atoms. The van der Waals surface area contributed by atoms with E-state index in [4.69, 9.17) is 5.73 Å². The second kappa shape index (κ2) is 5.54. The standard InChI is InChI=1S/C15H22N2S/c16-13-2-3-14-12(9-13)1-4-15(14)17-10-11-5-7-18-8-6-11/h2-3,9,11,15,17H,1,4-8,10,16H2. The van der Waals surface area contributed by atoms with E-state index in [-0.39, 0.29) is 0 Å². The van der Waals surface area contributed by atoms with Gasteiger partial charge in [-0.3, -0.25) is 0 Å². The zero-order valence-electron chi connectivity index (χ0n) is 10.8. The van der Waals surface area contributed by atoms with E-state index in [1.165, 1.54) is 54.9 Å². The van der Waals surface area contributed by atoms with Gasteiger partial charge in [0.05, 0.1) is 0 Å². The quantitative estimate of drug-likeness (QED) is 0.822. The van der Waals surface area contributed by atoms with E-state index in [2.05, 4.69) is 29.2 Å². The molecule has 3 N–H and O–H groups in total. The fourth-order valence-corrected chi connectivity index (χ4v) is 4.31. The molecule has 1 aliphatic heterocycles. The molecule has 1 fully saturated rings. The van der Waals surface area contributed by atoms with E-state index in [1.54, 1.807) is 0 Å². The smallest absolute Gasteiger partial charge is 0.0326 e. The Balaban J connectivity index is 1.59. The fourth-order valence-electron chi connectivity index (χ4n) is 3.11. The first-order valence-electron chi connectivity index (χ1n) is 7.02. The minimum atomic E-state index is 0.565. The summed E-state index contributed by atoms with van der Waals surface area (Å²) in [7, 11) is 0. The van der Waals surface area contributed by atoms with Gasteiger partial charge >= 0.3 is 0 Å². The molecular formula is C15H22N2S. The lowest BCUT2D eigenvalue weighted by molar-refractivity contribution is 0.409. The van der Waals surface area contributed by atoms with Gasteiger partial charge in [-0.2, -0.15) is 11.8 Å². The Bertz CT molecular complexity index is 413. The number of nitrogens with one attached hydrogen (secondary N) is 1. The summed E-state index contributed by atoms with van der Waals surface area (Å²) < 4.78 is 0. The van der Waals surface area contributed by atoms with Crippen molar-refractivity contribution in [2.24, 2.45) is 5.92 Å². The minimum absolute atomic E-state index is 0.565. The van der Waals surface area contributed by atoms with Gasteiger partial charge < -0.3 is 11.1 Å². The molecule has 3 rings (SSSR count). The Morgan fingerprint density at radius 3 is 2.89 bits per heavy atom. The van der Waals surface area contributed by atoms with Crippen molar-refractivity contribution in [3.05, 3.63) is 29.3 Å². The molecule has 0 saturated carbocycles. The maximum Gasteiger partial charge on any atom is 0.0326 e. The van der Waals surface area contributed by atoms with Gasteiger partial charge in [-0.1, -0.05) is 6.07 Å². The van der Waals surface area contributed by atoms with Crippen LogP contribution in [0.5, 0.6) is 0 Å². The summed E-state index contributed by atoms with van der Waals surface area (Å²) in [5.74, 6) is 3.60. The second-order valence-electron chi connectivity index (χ2n) is 5.51. The van der Waals surface area contributed by atoms with Crippen molar-refractivity contribution in [1.29, 1.82) is 0 Å². The lowest BCUT2D eigenvalue weighted by Crippen LogP contribution is -2.28. The number of aryl methyl sites for hydroxylation is 1. The summed E-state index contributed by atoms with van der Waals surface area (Å²) in [5, 5.41) is 3.78. The van der Waals surface area contributed by atoms with Gasteiger partial charge in [0.2, 0.25) is 0 Å². The number of nitrogens with two attached hydrogens (primary N) is 1. The Labute approximate surface area is 114 Å². The van der Waals surface area contributed by atoms with Gasteiger partial charge in [0.15, 0.2) is 0 Å². The van der Waals surface area contributed by atoms with Crippen LogP contribution >= 0.6 is 11.8 Å². The normalized spacial score (nSPS) is 24.1. The molecule has 18 heavy (non-hydrogen) atoms. The maximum absolute atomic E-state index is 5.84. The molecule has 2 nitrogen and oxygen atoms in total. The summed E-state index contributed by atoms with van der Waals surface area (Å²) >= 11 is 2.11. The molecule has 0 amide bonds. The topological polar surface area (TPSA) is 38.0 Å². The van der Waals surface area contributed by atoms with Crippen LogP contribution in [0.15, 0.2) is 18.2 Å². The number of fused-ring (bicyclic) bond motifs is 1. The van der Waals surface area contributed by atoms with Gasteiger partial charge in [0.1, 0.15) is 0 Å². The van der Waals surface area contributed by atoms with Crippen molar-refractivity contribution in [2.45, 2.75) is 31.7 Å². The van der Waals surface area contributed by atoms with Crippen LogP contribution in [-0.4, -0.2) is 18.1 Å². The second-order valence-corrected chi connectivity index (χ2v) is 6.74. The maximum atomic E-state index is 5.84. The lowest BCUT2D eigenvalue weighted by Gasteiger charge is -2.24. The van der Waals surface area contributed by atoms with Crippen LogP contribution in [-0.2, 0) is 6.42 Å². The summed E-state index contributed by atoms with van der Waals surface area (Å²) in [6.45, 7) is 1.19. The Morgan fingerprint density at radius 2 is 2.06 bits per heavy atom. The number of hydrogen-bond acceptors (Lipinski definition) is 3. The third-order valence-corrected chi connectivity index (χ3v) is 5.29. The first kappa shape index (κ1) is 12.4. The van der Waals surface area contributed by atoms with E-state index in [0.717, 1.165) is 11.6 Å². The predicted octanol–water partition coefficient (Wildman–Crippen LogP) is 2.99. The molecule has 1 unspecified atom stereocenters. The van der Waals surface area contributed by atoms with E-state index in [9.17, 15) is 0 Å². The Hall–Kier alpha value is -0.670. The monoisotopic (exact) mass is 262 g/mol. The van der Waals surface area contributed by atoms with Crippen LogP contribution in [0.25, 0.3) is 0 Å². The molecule has 2 aliphatic rings. The van der Waals surface area contributed by atoms with Gasteiger partial charge in [-0.05, 0) is 72.9 Å². The highest BCUT2D eigenvalue weighted by Crippen LogP contribution is 2.33. The molecule has 0 aromatic heterocycles. The molecule has 1 aromatic carbocycles. The molecule has 1 aliphatic carbocycles. The number of nitrogen functional groups attached to an aromatic ring is 1. The first-order valence-corrected chi connectivity index (χ1v) is 8.18. The molecule has 1 heterocycles. The van der Waals surface area contributed by atoms with E-state index in [0.29, 0.717) is 6.04 Å². The third-order valence-electron chi connectivity index (χ3n) is 4.24. The molecular weight excluding hydrogens is 240 g/mol. The third kappa shape index (κ3) is 2.67. The number of hydrogen-bond donors (Lipinski definition) is 2. The van der Waals surface area contributed by atoms with Crippen LogP contribution in [0.1, 0.15) is 36.4 Å². The van der Waals surface area contributed by atoms with Gasteiger partial charge in [0.25, 0.3) is 0 Å². The predicted molar refractivity (Wildman–Crippen MR) is 80.0 cm³/mol. The van der Waals surface area contributed by atoms with Crippen molar-refractivity contribution >= 4 is 17.4 Å². The molecule has 1 saturated heterocycles. The van der Waals surface area contributed by atoms with Crippen LogP contribution in [0.3, 0.4) is 0 Å². The highest BCUT2D eigenvalue weighted by molar-refractivity contribution is 7.99. The van der Waals surface area contributed by atoms with Crippen molar-refractivity contribution in [1.82, 2.24) is 5.32 Å². The zero-order valence-corrected chi connectivity index (χ0v) is 11.6. The SMILES string of the molecule is Nc1ccc2c(c1)CCC2NCC1CCSCC1. The largest absolute Gasteiger partial charge is 0.399 e. The van der Waals surface area contributed by atoms with Gasteiger partial charge in [0, 0.05) is 11.7 Å². The van der Waals surface area contributed by atoms with Gasteiger partial charge in [-0.25, -0.2) is 0 Å². The number of benzene rings is 1. The number of rotatable bonds is 3. The summed E-state index contributed by atoms with van der Waals surface area (Å²) in [5.41, 5.74) is 9.68. The van der Waals surface area contributed by atoms with Crippen molar-refractivity contribution < 1.29 is 0 Å². The van der Waals surface area contributed by atoms with Crippen molar-refractivity contribution in [3.63, 3.8) is 0 Å². The van der Waals surface area contributed by atoms with Crippen LogP contribution < -0.4 is 11.1 Å². The van der Waals surface area contributed by atoms with E-state index >= 15 is 0 Å². The molecule has 0 radical (unpaired) electrons. The van der Waals surface area contributed by atoms with Crippen LogP contribution in [0.4, 0.5) is 5.69 Å².